The van der Waals surface area contributed by atoms with Crippen molar-refractivity contribution in [2.45, 2.75) is 10.6 Å². The Balaban J connectivity index is 2.37. The largest absolute Gasteiger partial charge is 0.497 e. The molecule has 106 valence electrons. The van der Waals surface area contributed by atoms with Crippen LogP contribution in [0.25, 0.3) is 0 Å². The molecule has 2 rings (SSSR count). The number of anilines is 1. The quantitative estimate of drug-likeness (QED) is 0.850. The van der Waals surface area contributed by atoms with Gasteiger partial charge in [0.2, 0.25) is 0 Å². The lowest BCUT2D eigenvalue weighted by atomic mass is 10.3. The van der Waals surface area contributed by atoms with Gasteiger partial charge in [0, 0.05) is 16.7 Å². The van der Waals surface area contributed by atoms with E-state index in [1.807, 2.05) is 0 Å². The molecular weight excluding hydrogens is 344 g/mol. The zero-order valence-corrected chi connectivity index (χ0v) is 13.1. The van der Waals surface area contributed by atoms with Crippen LogP contribution in [-0.4, -0.2) is 20.5 Å². The fourth-order valence-corrected chi connectivity index (χ4v) is 3.35. The highest BCUT2D eigenvalue weighted by atomic mass is 79.9. The third-order valence-electron chi connectivity index (χ3n) is 2.68. The van der Waals surface area contributed by atoms with Crippen LogP contribution >= 0.6 is 15.9 Å². The maximum Gasteiger partial charge on any atom is 0.186 e. The molecule has 1 aromatic carbocycles. The summed E-state index contributed by atoms with van der Waals surface area (Å²) in [4.78, 5) is 4.12. The van der Waals surface area contributed by atoms with Crippen molar-refractivity contribution in [1.29, 1.82) is 0 Å². The molecule has 0 aliphatic carbocycles. The lowest BCUT2D eigenvalue weighted by Gasteiger charge is -2.09. The number of pyridine rings is 1. The number of aromatic nitrogens is 1. The van der Waals surface area contributed by atoms with E-state index >= 15 is 0 Å². The first kappa shape index (κ1) is 14.8. The van der Waals surface area contributed by atoms with Gasteiger partial charge in [-0.15, -0.1) is 0 Å². The number of ether oxygens (including phenoxy) is 1. The highest BCUT2D eigenvalue weighted by molar-refractivity contribution is 9.10. The molecule has 0 fully saturated rings. The fourth-order valence-electron chi connectivity index (χ4n) is 1.68. The van der Waals surface area contributed by atoms with Crippen LogP contribution in [0, 0.1) is 0 Å². The Labute approximate surface area is 125 Å². The van der Waals surface area contributed by atoms with Gasteiger partial charge in [0.05, 0.1) is 29.1 Å². The summed E-state index contributed by atoms with van der Waals surface area (Å²) in [7, 11) is -2.10. The molecule has 20 heavy (non-hydrogen) atoms. The van der Waals surface area contributed by atoms with Gasteiger partial charge < -0.3 is 10.5 Å². The van der Waals surface area contributed by atoms with Gasteiger partial charge in [0.1, 0.15) is 5.75 Å². The number of halogens is 1. The standard InChI is InChI=1S/C13H13BrN2O3S/c1-19-11-4-5-12(15)13(6-11)20(17,18)8-10-3-2-9(14)7-16-10/h2-7H,8,15H2,1H3. The molecule has 7 heteroatoms. The van der Waals surface area contributed by atoms with E-state index in [1.165, 1.54) is 19.2 Å². The molecule has 0 amide bonds. The maximum atomic E-state index is 12.4. The number of nitrogens with zero attached hydrogens (tertiary/aromatic N) is 1. The van der Waals surface area contributed by atoms with E-state index in [0.29, 0.717) is 11.4 Å². The minimum atomic E-state index is -3.57. The first-order valence-electron chi connectivity index (χ1n) is 5.69. The molecule has 0 radical (unpaired) electrons. The summed E-state index contributed by atoms with van der Waals surface area (Å²) in [5.41, 5.74) is 6.40. The maximum absolute atomic E-state index is 12.4. The lowest BCUT2D eigenvalue weighted by Crippen LogP contribution is -2.09. The highest BCUT2D eigenvalue weighted by Crippen LogP contribution is 2.26. The average Bonchev–Trinajstić information content (AvgIpc) is 2.41. The molecule has 0 atom stereocenters. The van der Waals surface area contributed by atoms with Crippen molar-refractivity contribution in [2.75, 3.05) is 12.8 Å². The zero-order valence-electron chi connectivity index (χ0n) is 10.7. The van der Waals surface area contributed by atoms with Gasteiger partial charge in [-0.3, -0.25) is 4.98 Å². The number of nitrogen functional groups attached to an aromatic ring is 1. The summed E-state index contributed by atoms with van der Waals surface area (Å²) in [5.74, 6) is 0.235. The van der Waals surface area contributed by atoms with Crippen molar-refractivity contribution in [3.05, 3.63) is 46.7 Å². The van der Waals surface area contributed by atoms with E-state index < -0.39 is 9.84 Å². The molecule has 0 aliphatic heterocycles. The molecular formula is C13H13BrN2O3S. The van der Waals surface area contributed by atoms with Gasteiger partial charge in [0.15, 0.2) is 9.84 Å². The minimum absolute atomic E-state index is 0.0570. The van der Waals surface area contributed by atoms with E-state index in [4.69, 9.17) is 10.5 Å². The Bertz CT molecular complexity index is 715. The van der Waals surface area contributed by atoms with Gasteiger partial charge in [-0.25, -0.2) is 8.42 Å². The lowest BCUT2D eigenvalue weighted by molar-refractivity contribution is 0.413. The number of benzene rings is 1. The number of sulfone groups is 1. The van der Waals surface area contributed by atoms with Crippen LogP contribution in [0.15, 0.2) is 45.9 Å². The molecule has 2 aromatic rings. The van der Waals surface area contributed by atoms with Gasteiger partial charge in [-0.2, -0.15) is 0 Å². The second-order valence-corrected chi connectivity index (χ2v) is 7.00. The minimum Gasteiger partial charge on any atom is -0.497 e. The van der Waals surface area contributed by atoms with Crippen molar-refractivity contribution in [3.8, 4) is 5.75 Å². The third kappa shape index (κ3) is 3.29. The van der Waals surface area contributed by atoms with E-state index in [-0.39, 0.29) is 16.3 Å². The molecule has 1 aromatic heterocycles. The predicted octanol–water partition coefficient (Wildman–Crippen LogP) is 2.41. The molecule has 1 heterocycles. The van der Waals surface area contributed by atoms with Crippen molar-refractivity contribution in [3.63, 3.8) is 0 Å². The monoisotopic (exact) mass is 356 g/mol. The Morgan fingerprint density at radius 1 is 1.30 bits per heavy atom. The van der Waals surface area contributed by atoms with Crippen molar-refractivity contribution >= 4 is 31.5 Å². The van der Waals surface area contributed by atoms with E-state index in [9.17, 15) is 8.42 Å². The molecule has 0 saturated heterocycles. The van der Waals surface area contributed by atoms with E-state index in [0.717, 1.165) is 4.47 Å². The van der Waals surface area contributed by atoms with Crippen molar-refractivity contribution in [2.24, 2.45) is 0 Å². The summed E-state index contributed by atoms with van der Waals surface area (Å²) < 4.78 is 30.6. The zero-order chi connectivity index (χ0) is 14.8. The van der Waals surface area contributed by atoms with Crippen LogP contribution < -0.4 is 10.5 Å². The Morgan fingerprint density at radius 2 is 2.05 bits per heavy atom. The molecule has 0 saturated carbocycles. The van der Waals surface area contributed by atoms with Gasteiger partial charge in [-0.05, 0) is 40.2 Å². The van der Waals surface area contributed by atoms with Crippen LogP contribution in [0.2, 0.25) is 0 Å². The van der Waals surface area contributed by atoms with E-state index in [2.05, 4.69) is 20.9 Å². The highest BCUT2D eigenvalue weighted by Gasteiger charge is 2.20. The fraction of sp³-hybridized carbons (Fsp3) is 0.154. The average molecular weight is 357 g/mol. The first-order valence-corrected chi connectivity index (χ1v) is 8.13. The van der Waals surface area contributed by atoms with Crippen LogP contribution in [0.3, 0.4) is 0 Å². The Morgan fingerprint density at radius 3 is 2.65 bits per heavy atom. The van der Waals surface area contributed by atoms with Crippen LogP contribution in [0.5, 0.6) is 5.75 Å². The van der Waals surface area contributed by atoms with Crippen LogP contribution in [0.4, 0.5) is 5.69 Å². The van der Waals surface area contributed by atoms with Gasteiger partial charge in [-0.1, -0.05) is 0 Å². The summed E-state index contributed by atoms with van der Waals surface area (Å²) in [6.45, 7) is 0. The number of hydrogen-bond acceptors (Lipinski definition) is 5. The second kappa shape index (κ2) is 5.80. The molecule has 2 N–H and O–H groups in total. The smallest absolute Gasteiger partial charge is 0.186 e. The molecule has 0 spiro atoms. The Hall–Kier alpha value is -1.60. The third-order valence-corrected chi connectivity index (χ3v) is 4.85. The molecule has 0 bridgehead atoms. The first-order chi connectivity index (χ1) is 9.42. The number of methoxy groups -OCH3 is 1. The number of rotatable bonds is 4. The summed E-state index contributed by atoms with van der Waals surface area (Å²) >= 11 is 3.25. The van der Waals surface area contributed by atoms with E-state index in [1.54, 1.807) is 24.4 Å². The molecule has 0 unspecified atom stereocenters. The Kier molecular flexibility index (Phi) is 4.29. The summed E-state index contributed by atoms with van der Waals surface area (Å²) in [5, 5.41) is 0. The predicted molar refractivity (Wildman–Crippen MR) is 80.2 cm³/mol. The number of nitrogens with two attached hydrogens (primary N) is 1. The second-order valence-electron chi connectivity index (χ2n) is 4.13. The summed E-state index contributed by atoms with van der Waals surface area (Å²) in [6.07, 6.45) is 1.56. The summed E-state index contributed by atoms with van der Waals surface area (Å²) in [6, 6.07) is 7.95. The van der Waals surface area contributed by atoms with Gasteiger partial charge in [0.25, 0.3) is 0 Å². The normalized spacial score (nSPS) is 11.3. The molecule has 0 aliphatic rings. The van der Waals surface area contributed by atoms with Crippen molar-refractivity contribution < 1.29 is 13.2 Å². The SMILES string of the molecule is COc1ccc(N)c(S(=O)(=O)Cc2ccc(Br)cn2)c1. The number of hydrogen-bond donors (Lipinski definition) is 1. The molecule has 5 nitrogen and oxygen atoms in total. The van der Waals surface area contributed by atoms with Crippen LogP contribution in [0.1, 0.15) is 5.69 Å². The topological polar surface area (TPSA) is 82.3 Å². The van der Waals surface area contributed by atoms with Crippen molar-refractivity contribution in [1.82, 2.24) is 4.98 Å². The van der Waals surface area contributed by atoms with Crippen LogP contribution in [-0.2, 0) is 15.6 Å². The van der Waals surface area contributed by atoms with Gasteiger partial charge >= 0.3 is 0 Å².